The third kappa shape index (κ3) is 3.64. The zero-order chi connectivity index (χ0) is 13.8. The normalized spacial score (nSPS) is 12.4. The van der Waals surface area contributed by atoms with Gasteiger partial charge in [0, 0.05) is 10.5 Å². The third-order valence-electron chi connectivity index (χ3n) is 3.22. The minimum Gasteiger partial charge on any atom is -0.313 e. The fourth-order valence-electron chi connectivity index (χ4n) is 2.19. The molecule has 2 aromatic carbocycles. The summed E-state index contributed by atoms with van der Waals surface area (Å²) in [6.07, 6.45) is 0.748. The lowest BCUT2D eigenvalue weighted by Crippen LogP contribution is -2.19. The lowest BCUT2D eigenvalue weighted by Gasteiger charge is -2.18. The molecule has 1 atom stereocenters. The van der Waals surface area contributed by atoms with Crippen molar-refractivity contribution >= 4 is 15.9 Å². The van der Waals surface area contributed by atoms with Crippen molar-refractivity contribution in [3.8, 4) is 0 Å². The molecule has 2 rings (SSSR count). The summed E-state index contributed by atoms with van der Waals surface area (Å²) in [5.74, 6) is -0.197. The van der Waals surface area contributed by atoms with Crippen LogP contribution in [0.15, 0.2) is 46.9 Å². The van der Waals surface area contributed by atoms with Crippen LogP contribution in [0, 0.1) is 12.7 Å². The Labute approximate surface area is 122 Å². The first-order valence-electron chi connectivity index (χ1n) is 6.28. The van der Waals surface area contributed by atoms with Crippen LogP contribution in [0.4, 0.5) is 4.39 Å². The van der Waals surface area contributed by atoms with Gasteiger partial charge in [-0.15, -0.1) is 0 Å². The second-order valence-corrected chi connectivity index (χ2v) is 5.55. The van der Waals surface area contributed by atoms with E-state index in [0.717, 1.165) is 16.5 Å². The maximum atomic E-state index is 13.3. The lowest BCUT2D eigenvalue weighted by atomic mass is 9.98. The van der Waals surface area contributed by atoms with Gasteiger partial charge in [-0.3, -0.25) is 0 Å². The van der Waals surface area contributed by atoms with E-state index < -0.39 is 0 Å². The quantitative estimate of drug-likeness (QED) is 0.880. The zero-order valence-electron chi connectivity index (χ0n) is 11.1. The van der Waals surface area contributed by atoms with Crippen LogP contribution in [0.1, 0.15) is 22.7 Å². The molecule has 0 bridgehead atoms. The molecule has 100 valence electrons. The summed E-state index contributed by atoms with van der Waals surface area (Å²) in [5.41, 5.74) is 3.43. The van der Waals surface area contributed by atoms with Crippen molar-refractivity contribution in [2.24, 2.45) is 0 Å². The number of benzene rings is 2. The number of halogens is 2. The number of likely N-dealkylation sites (N-methyl/N-ethyl adjacent to an activating group) is 1. The van der Waals surface area contributed by atoms with E-state index in [1.807, 2.05) is 7.05 Å². The highest BCUT2D eigenvalue weighted by atomic mass is 79.9. The molecule has 19 heavy (non-hydrogen) atoms. The monoisotopic (exact) mass is 321 g/mol. The Kier molecular flexibility index (Phi) is 4.72. The molecule has 1 nitrogen and oxygen atoms in total. The van der Waals surface area contributed by atoms with E-state index in [4.69, 9.17) is 0 Å². The van der Waals surface area contributed by atoms with Gasteiger partial charge < -0.3 is 5.32 Å². The summed E-state index contributed by atoms with van der Waals surface area (Å²) >= 11 is 3.48. The molecule has 0 aromatic heterocycles. The van der Waals surface area contributed by atoms with Crippen molar-refractivity contribution in [3.05, 3.63) is 69.4 Å². The standard InChI is InChI=1S/C16H17BrFN/c1-11-4-3-5-12(8-11)16(19-2)10-13-9-14(18)6-7-15(13)17/h3-9,16,19H,10H2,1-2H3. The average molecular weight is 322 g/mol. The number of rotatable bonds is 4. The van der Waals surface area contributed by atoms with Crippen LogP contribution in [-0.2, 0) is 6.42 Å². The highest BCUT2D eigenvalue weighted by molar-refractivity contribution is 9.10. The predicted molar refractivity (Wildman–Crippen MR) is 80.8 cm³/mol. The van der Waals surface area contributed by atoms with E-state index in [1.165, 1.54) is 17.2 Å². The van der Waals surface area contributed by atoms with Gasteiger partial charge in [0.15, 0.2) is 0 Å². The van der Waals surface area contributed by atoms with Gasteiger partial charge in [-0.05, 0) is 49.7 Å². The van der Waals surface area contributed by atoms with E-state index >= 15 is 0 Å². The Morgan fingerprint density at radius 2 is 2.00 bits per heavy atom. The molecule has 1 N–H and O–H groups in total. The molecule has 0 aliphatic carbocycles. The lowest BCUT2D eigenvalue weighted by molar-refractivity contribution is 0.582. The first kappa shape index (κ1) is 14.2. The third-order valence-corrected chi connectivity index (χ3v) is 4.00. The highest BCUT2D eigenvalue weighted by Crippen LogP contribution is 2.25. The van der Waals surface area contributed by atoms with Crippen molar-refractivity contribution in [2.75, 3.05) is 7.05 Å². The van der Waals surface area contributed by atoms with Crippen LogP contribution in [0.5, 0.6) is 0 Å². The second kappa shape index (κ2) is 6.31. The fourth-order valence-corrected chi connectivity index (χ4v) is 2.60. The minimum absolute atomic E-state index is 0.179. The maximum Gasteiger partial charge on any atom is 0.123 e. The Morgan fingerprint density at radius 3 is 2.68 bits per heavy atom. The fraction of sp³-hybridized carbons (Fsp3) is 0.250. The first-order chi connectivity index (χ1) is 9.10. The first-order valence-corrected chi connectivity index (χ1v) is 7.07. The molecular weight excluding hydrogens is 305 g/mol. The van der Waals surface area contributed by atoms with E-state index in [9.17, 15) is 4.39 Å². The van der Waals surface area contributed by atoms with Gasteiger partial charge in [0.05, 0.1) is 0 Å². The SMILES string of the molecule is CNC(Cc1cc(F)ccc1Br)c1cccc(C)c1. The molecule has 3 heteroatoms. The Balaban J connectivity index is 2.26. The van der Waals surface area contributed by atoms with E-state index in [0.29, 0.717) is 0 Å². The Hall–Kier alpha value is -1.19. The van der Waals surface area contributed by atoms with Crippen LogP contribution in [0.2, 0.25) is 0 Å². The molecule has 2 aromatic rings. The van der Waals surface area contributed by atoms with E-state index in [-0.39, 0.29) is 11.9 Å². The largest absolute Gasteiger partial charge is 0.313 e. The topological polar surface area (TPSA) is 12.0 Å². The molecule has 0 heterocycles. The van der Waals surface area contributed by atoms with Crippen LogP contribution >= 0.6 is 15.9 Å². The summed E-state index contributed by atoms with van der Waals surface area (Å²) in [5, 5.41) is 3.30. The maximum absolute atomic E-state index is 13.3. The minimum atomic E-state index is -0.197. The predicted octanol–water partition coefficient (Wildman–Crippen LogP) is 4.40. The van der Waals surface area contributed by atoms with Gasteiger partial charge in [-0.1, -0.05) is 45.8 Å². The van der Waals surface area contributed by atoms with Crippen LogP contribution in [-0.4, -0.2) is 7.05 Å². The molecule has 0 saturated carbocycles. The number of hydrogen-bond acceptors (Lipinski definition) is 1. The van der Waals surface area contributed by atoms with Crippen molar-refractivity contribution in [1.29, 1.82) is 0 Å². The molecule has 0 spiro atoms. The van der Waals surface area contributed by atoms with Crippen LogP contribution < -0.4 is 5.32 Å². The zero-order valence-corrected chi connectivity index (χ0v) is 12.7. The summed E-state index contributed by atoms with van der Waals surface area (Å²) in [4.78, 5) is 0. The molecule has 0 radical (unpaired) electrons. The highest BCUT2D eigenvalue weighted by Gasteiger charge is 2.12. The molecular formula is C16H17BrFN. The van der Waals surface area contributed by atoms with Gasteiger partial charge in [-0.25, -0.2) is 4.39 Å². The molecule has 0 saturated heterocycles. The van der Waals surface area contributed by atoms with Gasteiger partial charge in [-0.2, -0.15) is 0 Å². The molecule has 0 fully saturated rings. The Morgan fingerprint density at radius 1 is 1.21 bits per heavy atom. The molecule has 0 aliphatic heterocycles. The van der Waals surface area contributed by atoms with Crippen molar-refractivity contribution in [1.82, 2.24) is 5.32 Å². The molecule has 0 aliphatic rings. The van der Waals surface area contributed by atoms with Gasteiger partial charge in [0.1, 0.15) is 5.82 Å². The van der Waals surface area contributed by atoms with Gasteiger partial charge in [0.25, 0.3) is 0 Å². The summed E-state index contributed by atoms with van der Waals surface area (Å²) in [7, 11) is 1.93. The summed E-state index contributed by atoms with van der Waals surface area (Å²) in [6.45, 7) is 2.08. The summed E-state index contributed by atoms with van der Waals surface area (Å²) in [6, 6.07) is 13.4. The Bertz CT molecular complexity index is 568. The summed E-state index contributed by atoms with van der Waals surface area (Å²) < 4.78 is 14.3. The van der Waals surface area contributed by atoms with Gasteiger partial charge in [0.2, 0.25) is 0 Å². The van der Waals surface area contributed by atoms with Crippen molar-refractivity contribution in [2.45, 2.75) is 19.4 Å². The van der Waals surface area contributed by atoms with E-state index in [1.54, 1.807) is 12.1 Å². The van der Waals surface area contributed by atoms with Crippen LogP contribution in [0.3, 0.4) is 0 Å². The smallest absolute Gasteiger partial charge is 0.123 e. The van der Waals surface area contributed by atoms with Crippen LogP contribution in [0.25, 0.3) is 0 Å². The van der Waals surface area contributed by atoms with Gasteiger partial charge >= 0.3 is 0 Å². The number of nitrogens with one attached hydrogen (secondary N) is 1. The molecule has 1 unspecified atom stereocenters. The number of hydrogen-bond donors (Lipinski definition) is 1. The number of aryl methyl sites for hydroxylation is 1. The molecule has 0 amide bonds. The van der Waals surface area contributed by atoms with E-state index in [2.05, 4.69) is 52.4 Å². The van der Waals surface area contributed by atoms with Crippen molar-refractivity contribution < 1.29 is 4.39 Å². The average Bonchev–Trinajstić information content (AvgIpc) is 2.39. The second-order valence-electron chi connectivity index (χ2n) is 4.70. The van der Waals surface area contributed by atoms with Crippen molar-refractivity contribution in [3.63, 3.8) is 0 Å².